The summed E-state index contributed by atoms with van der Waals surface area (Å²) in [5, 5.41) is 9.00. The molecular formula is C15H26N4S. The van der Waals surface area contributed by atoms with Gasteiger partial charge in [-0.05, 0) is 26.7 Å². The molecule has 1 N–H and O–H groups in total. The van der Waals surface area contributed by atoms with Gasteiger partial charge in [-0.3, -0.25) is 4.68 Å². The molecule has 112 valence electrons. The maximum atomic E-state index is 4.67. The molecule has 20 heavy (non-hydrogen) atoms. The summed E-state index contributed by atoms with van der Waals surface area (Å²) in [6, 6.07) is 1.32. The van der Waals surface area contributed by atoms with Gasteiger partial charge < -0.3 is 10.2 Å². The van der Waals surface area contributed by atoms with Crippen LogP contribution in [0.15, 0.2) is 0 Å². The predicted molar refractivity (Wildman–Crippen MR) is 86.5 cm³/mol. The number of nitrogens with one attached hydrogen (secondary N) is 1. The van der Waals surface area contributed by atoms with Crippen LogP contribution in [0.2, 0.25) is 0 Å². The van der Waals surface area contributed by atoms with Crippen LogP contribution in [0, 0.1) is 6.92 Å². The summed E-state index contributed by atoms with van der Waals surface area (Å²) in [6.45, 7) is 8.92. The molecule has 2 heterocycles. The highest BCUT2D eigenvalue weighted by Crippen LogP contribution is 2.32. The van der Waals surface area contributed by atoms with Gasteiger partial charge in [0, 0.05) is 48.8 Å². The zero-order chi connectivity index (χ0) is 14.3. The lowest BCUT2D eigenvalue weighted by atomic mass is 10.1. The van der Waals surface area contributed by atoms with E-state index in [0.29, 0.717) is 11.3 Å². The maximum Gasteiger partial charge on any atom is 0.131 e. The van der Waals surface area contributed by atoms with Gasteiger partial charge in [-0.2, -0.15) is 16.9 Å². The van der Waals surface area contributed by atoms with Gasteiger partial charge in [0.1, 0.15) is 5.82 Å². The summed E-state index contributed by atoms with van der Waals surface area (Å²) in [7, 11) is 2.09. The molecule has 5 heteroatoms. The normalized spacial score (nSPS) is 27.1. The Morgan fingerprint density at radius 3 is 2.80 bits per heavy atom. The molecular weight excluding hydrogens is 268 g/mol. The van der Waals surface area contributed by atoms with E-state index >= 15 is 0 Å². The largest absolute Gasteiger partial charge is 0.352 e. The van der Waals surface area contributed by atoms with Crippen LogP contribution in [0.1, 0.15) is 37.9 Å². The lowest BCUT2D eigenvalue weighted by molar-refractivity contribution is 0.592. The fraction of sp³-hybridized carbons (Fsp3) is 0.800. The zero-order valence-electron chi connectivity index (χ0n) is 13.0. The molecule has 1 aromatic heterocycles. The fourth-order valence-electron chi connectivity index (χ4n) is 3.02. The molecule has 0 amide bonds. The highest BCUT2D eigenvalue weighted by molar-refractivity contribution is 8.00. The van der Waals surface area contributed by atoms with Gasteiger partial charge in [-0.25, -0.2) is 0 Å². The first-order valence-electron chi connectivity index (χ1n) is 7.72. The van der Waals surface area contributed by atoms with Crippen molar-refractivity contribution in [1.29, 1.82) is 0 Å². The van der Waals surface area contributed by atoms with Crippen LogP contribution < -0.4 is 10.2 Å². The van der Waals surface area contributed by atoms with Crippen molar-refractivity contribution < 1.29 is 0 Å². The number of hydrogen-bond donors (Lipinski definition) is 1. The summed E-state index contributed by atoms with van der Waals surface area (Å²) in [5.41, 5.74) is 2.57. The second-order valence-electron chi connectivity index (χ2n) is 6.18. The molecule has 0 aromatic carbocycles. The Hall–Kier alpha value is -0.680. The van der Waals surface area contributed by atoms with Crippen LogP contribution in [0.3, 0.4) is 0 Å². The van der Waals surface area contributed by atoms with Crippen LogP contribution in [-0.4, -0.2) is 39.4 Å². The molecule has 2 fully saturated rings. The SMILES string of the molecule is Cc1nn(C)c(N2CCSC(C)C2C)c1CNC1CC1. The van der Waals surface area contributed by atoms with Crippen molar-refractivity contribution in [2.45, 2.75) is 57.5 Å². The molecule has 1 aliphatic carbocycles. The summed E-state index contributed by atoms with van der Waals surface area (Å²) < 4.78 is 2.08. The van der Waals surface area contributed by atoms with Gasteiger partial charge in [-0.15, -0.1) is 0 Å². The van der Waals surface area contributed by atoms with Gasteiger partial charge in [0.05, 0.1) is 5.69 Å². The molecule has 0 spiro atoms. The van der Waals surface area contributed by atoms with Crippen molar-refractivity contribution in [3.63, 3.8) is 0 Å². The van der Waals surface area contributed by atoms with Gasteiger partial charge >= 0.3 is 0 Å². The van der Waals surface area contributed by atoms with Crippen LogP contribution >= 0.6 is 11.8 Å². The van der Waals surface area contributed by atoms with Crippen molar-refractivity contribution in [2.75, 3.05) is 17.2 Å². The van der Waals surface area contributed by atoms with Gasteiger partial charge in [0.25, 0.3) is 0 Å². The molecule has 0 radical (unpaired) electrons. The van der Waals surface area contributed by atoms with Crippen LogP contribution in [0.5, 0.6) is 0 Å². The van der Waals surface area contributed by atoms with E-state index < -0.39 is 0 Å². The average Bonchev–Trinajstić information content (AvgIpc) is 3.18. The Morgan fingerprint density at radius 2 is 2.10 bits per heavy atom. The van der Waals surface area contributed by atoms with Crippen molar-refractivity contribution in [3.8, 4) is 0 Å². The third kappa shape index (κ3) is 2.70. The minimum Gasteiger partial charge on any atom is -0.352 e. The van der Waals surface area contributed by atoms with E-state index in [1.54, 1.807) is 0 Å². The lowest BCUT2D eigenvalue weighted by Crippen LogP contribution is -2.46. The van der Waals surface area contributed by atoms with E-state index in [1.807, 2.05) is 0 Å². The van der Waals surface area contributed by atoms with Gasteiger partial charge in [0.2, 0.25) is 0 Å². The number of anilines is 1. The summed E-state index contributed by atoms with van der Waals surface area (Å²) in [4.78, 5) is 2.56. The Kier molecular flexibility index (Phi) is 4.00. The molecule has 3 rings (SSSR count). The zero-order valence-corrected chi connectivity index (χ0v) is 13.8. The highest BCUT2D eigenvalue weighted by atomic mass is 32.2. The predicted octanol–water partition coefficient (Wildman–Crippen LogP) is 2.31. The van der Waals surface area contributed by atoms with E-state index in [1.165, 1.54) is 35.7 Å². The Balaban J connectivity index is 1.86. The first-order valence-corrected chi connectivity index (χ1v) is 8.77. The van der Waals surface area contributed by atoms with E-state index in [0.717, 1.165) is 19.1 Å². The number of aromatic nitrogens is 2. The lowest BCUT2D eigenvalue weighted by Gasteiger charge is -2.39. The fourth-order valence-corrected chi connectivity index (χ4v) is 4.12. The number of aryl methyl sites for hydroxylation is 2. The van der Waals surface area contributed by atoms with Crippen LogP contribution in [0.4, 0.5) is 5.82 Å². The highest BCUT2D eigenvalue weighted by Gasteiger charge is 2.30. The first-order chi connectivity index (χ1) is 9.58. The molecule has 2 atom stereocenters. The molecule has 2 unspecified atom stereocenters. The third-order valence-electron chi connectivity index (χ3n) is 4.61. The van der Waals surface area contributed by atoms with E-state index in [-0.39, 0.29) is 0 Å². The van der Waals surface area contributed by atoms with Crippen LogP contribution in [0.25, 0.3) is 0 Å². The average molecular weight is 294 g/mol. The maximum absolute atomic E-state index is 4.67. The molecule has 0 bridgehead atoms. The number of hydrogen-bond acceptors (Lipinski definition) is 4. The minimum absolute atomic E-state index is 0.572. The molecule has 1 aromatic rings. The third-order valence-corrected chi connectivity index (χ3v) is 5.95. The summed E-state index contributed by atoms with van der Waals surface area (Å²) in [5.74, 6) is 2.54. The smallest absolute Gasteiger partial charge is 0.131 e. The molecule has 1 saturated carbocycles. The van der Waals surface area contributed by atoms with E-state index in [4.69, 9.17) is 0 Å². The van der Waals surface area contributed by atoms with Crippen molar-refractivity contribution in [3.05, 3.63) is 11.3 Å². The van der Waals surface area contributed by atoms with Crippen molar-refractivity contribution in [2.24, 2.45) is 7.05 Å². The molecule has 2 aliphatic rings. The summed E-state index contributed by atoms with van der Waals surface area (Å²) in [6.07, 6.45) is 2.67. The minimum atomic E-state index is 0.572. The first kappa shape index (κ1) is 14.3. The Bertz CT molecular complexity index is 480. The number of rotatable bonds is 4. The summed E-state index contributed by atoms with van der Waals surface area (Å²) >= 11 is 2.08. The molecule has 1 saturated heterocycles. The van der Waals surface area contributed by atoms with E-state index in [9.17, 15) is 0 Å². The quantitative estimate of drug-likeness (QED) is 0.924. The van der Waals surface area contributed by atoms with Crippen LogP contribution in [-0.2, 0) is 13.6 Å². The molecule has 4 nitrogen and oxygen atoms in total. The van der Waals surface area contributed by atoms with Crippen molar-refractivity contribution in [1.82, 2.24) is 15.1 Å². The standard InChI is InChI=1S/C15H26N4S/c1-10-14(9-16-13-5-6-13)15(18(4)17-10)19-7-8-20-12(3)11(19)2/h11-13,16H,5-9H2,1-4H3. The molecule has 1 aliphatic heterocycles. The number of thioether (sulfide) groups is 1. The van der Waals surface area contributed by atoms with Gasteiger partial charge in [-0.1, -0.05) is 6.92 Å². The van der Waals surface area contributed by atoms with Gasteiger partial charge in [0.15, 0.2) is 0 Å². The topological polar surface area (TPSA) is 33.1 Å². The second-order valence-corrected chi connectivity index (χ2v) is 7.66. The monoisotopic (exact) mass is 294 g/mol. The van der Waals surface area contributed by atoms with E-state index in [2.05, 4.69) is 59.6 Å². The second kappa shape index (κ2) is 5.60. The van der Waals surface area contributed by atoms with Crippen molar-refractivity contribution >= 4 is 17.6 Å². The Labute approximate surface area is 126 Å². The number of nitrogens with zero attached hydrogens (tertiary/aromatic N) is 3. The Morgan fingerprint density at radius 1 is 1.35 bits per heavy atom.